The lowest BCUT2D eigenvalue weighted by Crippen LogP contribution is -2.01. The molecule has 0 saturated heterocycles. The molecule has 106 valence electrons. The van der Waals surface area contributed by atoms with E-state index in [4.69, 9.17) is 9.84 Å². The maximum Gasteiger partial charge on any atom is 0.345 e. The van der Waals surface area contributed by atoms with Crippen molar-refractivity contribution in [1.29, 1.82) is 0 Å². The number of rotatable bonds is 5. The summed E-state index contributed by atoms with van der Waals surface area (Å²) in [4.78, 5) is 12.3. The van der Waals surface area contributed by atoms with Crippen molar-refractivity contribution in [3.05, 3.63) is 44.1 Å². The van der Waals surface area contributed by atoms with Crippen molar-refractivity contribution in [2.75, 3.05) is 12.4 Å². The van der Waals surface area contributed by atoms with Gasteiger partial charge in [0.15, 0.2) is 0 Å². The van der Waals surface area contributed by atoms with Gasteiger partial charge in [0, 0.05) is 15.9 Å². The lowest BCUT2D eigenvalue weighted by atomic mass is 10.2. The maximum absolute atomic E-state index is 10.9. The van der Waals surface area contributed by atoms with E-state index in [1.54, 1.807) is 13.2 Å². The van der Waals surface area contributed by atoms with Crippen molar-refractivity contribution in [3.8, 4) is 5.75 Å². The highest BCUT2D eigenvalue weighted by molar-refractivity contribution is 9.10. The van der Waals surface area contributed by atoms with E-state index < -0.39 is 5.97 Å². The van der Waals surface area contributed by atoms with Gasteiger partial charge in [-0.05, 0) is 36.8 Å². The van der Waals surface area contributed by atoms with Gasteiger partial charge >= 0.3 is 5.97 Å². The first-order valence-electron chi connectivity index (χ1n) is 5.91. The maximum atomic E-state index is 10.9. The number of ether oxygens (including phenoxy) is 1. The Morgan fingerprint density at radius 2 is 2.20 bits per heavy atom. The highest BCUT2D eigenvalue weighted by Gasteiger charge is 2.11. The van der Waals surface area contributed by atoms with Crippen molar-refractivity contribution >= 4 is 38.9 Å². The van der Waals surface area contributed by atoms with E-state index >= 15 is 0 Å². The molecule has 2 aromatic rings. The molecule has 0 unspecified atom stereocenters. The number of aromatic carboxylic acids is 1. The van der Waals surface area contributed by atoms with E-state index in [-0.39, 0.29) is 0 Å². The molecule has 0 amide bonds. The Balaban J connectivity index is 2.16. The summed E-state index contributed by atoms with van der Waals surface area (Å²) >= 11 is 4.71. The number of aryl methyl sites for hydroxylation is 1. The predicted octanol–water partition coefficient (Wildman–Crippen LogP) is 4.14. The number of carboxylic acids is 1. The number of anilines is 1. The predicted molar refractivity (Wildman–Crippen MR) is 84.0 cm³/mol. The molecule has 6 heteroatoms. The number of thiophene rings is 1. The van der Waals surface area contributed by atoms with E-state index in [2.05, 4.69) is 21.2 Å². The molecule has 0 aliphatic heterocycles. The lowest BCUT2D eigenvalue weighted by molar-refractivity contribution is 0.0702. The van der Waals surface area contributed by atoms with Crippen molar-refractivity contribution in [2.24, 2.45) is 0 Å². The first-order valence-corrected chi connectivity index (χ1v) is 7.52. The average Bonchev–Trinajstić information content (AvgIpc) is 2.78. The molecular formula is C14H14BrNO3S. The molecule has 0 aliphatic rings. The summed E-state index contributed by atoms with van der Waals surface area (Å²) in [6.07, 6.45) is 0. The highest BCUT2D eigenvalue weighted by atomic mass is 79.9. The zero-order chi connectivity index (χ0) is 14.7. The summed E-state index contributed by atoms with van der Waals surface area (Å²) in [5.41, 5.74) is 1.85. The van der Waals surface area contributed by atoms with Gasteiger partial charge in [0.05, 0.1) is 12.8 Å². The van der Waals surface area contributed by atoms with Gasteiger partial charge in [-0.25, -0.2) is 4.79 Å². The first-order chi connectivity index (χ1) is 9.51. The number of benzene rings is 1. The molecule has 1 heterocycles. The van der Waals surface area contributed by atoms with Crippen LogP contribution in [0.1, 0.15) is 20.1 Å². The van der Waals surface area contributed by atoms with Gasteiger partial charge in [-0.3, -0.25) is 0 Å². The number of hydrogen-bond acceptors (Lipinski definition) is 4. The fourth-order valence-electron chi connectivity index (χ4n) is 1.81. The Kier molecular flexibility index (Phi) is 4.67. The molecule has 0 radical (unpaired) electrons. The molecule has 0 bridgehead atoms. The van der Waals surface area contributed by atoms with Crippen molar-refractivity contribution in [2.45, 2.75) is 13.5 Å². The highest BCUT2D eigenvalue weighted by Crippen LogP contribution is 2.29. The molecular weight excluding hydrogens is 342 g/mol. The van der Waals surface area contributed by atoms with Crippen molar-refractivity contribution in [3.63, 3.8) is 0 Å². The van der Waals surface area contributed by atoms with Gasteiger partial charge in [-0.15, -0.1) is 11.3 Å². The standard InChI is InChI=1S/C14H14BrNO3S/c1-8-9(5-13(20-8)14(17)18)7-16-11-6-10(15)3-4-12(11)19-2/h3-6,16H,7H2,1-2H3,(H,17,18). The van der Waals surface area contributed by atoms with Gasteiger partial charge in [0.2, 0.25) is 0 Å². The van der Waals surface area contributed by atoms with Crippen LogP contribution in [0, 0.1) is 6.92 Å². The topological polar surface area (TPSA) is 58.6 Å². The molecule has 0 fully saturated rings. The molecule has 0 saturated carbocycles. The van der Waals surface area contributed by atoms with Crippen LogP contribution in [0.5, 0.6) is 5.75 Å². The van der Waals surface area contributed by atoms with E-state index in [0.717, 1.165) is 26.4 Å². The van der Waals surface area contributed by atoms with Gasteiger partial charge < -0.3 is 15.2 Å². The van der Waals surface area contributed by atoms with E-state index in [9.17, 15) is 4.79 Å². The van der Waals surface area contributed by atoms with Crippen LogP contribution >= 0.6 is 27.3 Å². The number of nitrogens with one attached hydrogen (secondary N) is 1. The Morgan fingerprint density at radius 3 is 2.80 bits per heavy atom. The normalized spacial score (nSPS) is 10.3. The summed E-state index contributed by atoms with van der Waals surface area (Å²) in [5, 5.41) is 12.3. The average molecular weight is 356 g/mol. The Labute approximate surface area is 129 Å². The van der Waals surface area contributed by atoms with Crippen LogP contribution in [0.25, 0.3) is 0 Å². The largest absolute Gasteiger partial charge is 0.495 e. The molecule has 20 heavy (non-hydrogen) atoms. The van der Waals surface area contributed by atoms with Crippen LogP contribution < -0.4 is 10.1 Å². The number of halogens is 1. The van der Waals surface area contributed by atoms with Gasteiger partial charge in [-0.1, -0.05) is 15.9 Å². The van der Waals surface area contributed by atoms with Crippen LogP contribution in [0.15, 0.2) is 28.7 Å². The van der Waals surface area contributed by atoms with E-state index in [0.29, 0.717) is 11.4 Å². The summed E-state index contributed by atoms with van der Waals surface area (Å²) in [6, 6.07) is 7.41. The van der Waals surface area contributed by atoms with Crippen LogP contribution in [0.4, 0.5) is 5.69 Å². The third kappa shape index (κ3) is 3.32. The minimum absolute atomic E-state index is 0.362. The summed E-state index contributed by atoms with van der Waals surface area (Å²) in [7, 11) is 1.62. The second-order valence-corrected chi connectivity index (χ2v) is 6.37. The minimum Gasteiger partial charge on any atom is -0.495 e. The van der Waals surface area contributed by atoms with E-state index in [1.165, 1.54) is 11.3 Å². The monoisotopic (exact) mass is 355 g/mol. The molecule has 0 spiro atoms. The number of carbonyl (C=O) groups is 1. The fourth-order valence-corrected chi connectivity index (χ4v) is 3.05. The Hall–Kier alpha value is -1.53. The van der Waals surface area contributed by atoms with Gasteiger partial charge in [0.25, 0.3) is 0 Å². The number of carboxylic acid groups (broad SMARTS) is 1. The zero-order valence-electron chi connectivity index (χ0n) is 11.1. The second kappa shape index (κ2) is 6.28. The van der Waals surface area contributed by atoms with Gasteiger partial charge in [0.1, 0.15) is 10.6 Å². The second-order valence-electron chi connectivity index (χ2n) is 4.20. The SMILES string of the molecule is COc1ccc(Br)cc1NCc1cc(C(=O)O)sc1C. The minimum atomic E-state index is -0.885. The fraction of sp³-hybridized carbons (Fsp3) is 0.214. The van der Waals surface area contributed by atoms with Crippen LogP contribution in [0.2, 0.25) is 0 Å². The zero-order valence-corrected chi connectivity index (χ0v) is 13.5. The quantitative estimate of drug-likeness (QED) is 0.846. The van der Waals surface area contributed by atoms with Crippen molar-refractivity contribution < 1.29 is 14.6 Å². The first kappa shape index (κ1) is 14.9. The molecule has 2 rings (SSSR count). The van der Waals surface area contributed by atoms with E-state index in [1.807, 2.05) is 25.1 Å². The Bertz CT molecular complexity index is 639. The summed E-state index contributed by atoms with van der Waals surface area (Å²) in [6.45, 7) is 2.48. The molecule has 4 nitrogen and oxygen atoms in total. The van der Waals surface area contributed by atoms with Crippen LogP contribution in [-0.2, 0) is 6.54 Å². The third-order valence-electron chi connectivity index (χ3n) is 2.86. The molecule has 0 aliphatic carbocycles. The lowest BCUT2D eigenvalue weighted by Gasteiger charge is -2.11. The molecule has 2 N–H and O–H groups in total. The number of hydrogen-bond donors (Lipinski definition) is 2. The van der Waals surface area contributed by atoms with Crippen LogP contribution in [0.3, 0.4) is 0 Å². The summed E-state index contributed by atoms with van der Waals surface area (Å²) < 4.78 is 6.24. The smallest absolute Gasteiger partial charge is 0.345 e. The summed E-state index contributed by atoms with van der Waals surface area (Å²) in [5.74, 6) is -0.135. The molecule has 1 aromatic heterocycles. The van der Waals surface area contributed by atoms with Crippen molar-refractivity contribution in [1.82, 2.24) is 0 Å². The Morgan fingerprint density at radius 1 is 1.45 bits per heavy atom. The molecule has 0 atom stereocenters. The van der Waals surface area contributed by atoms with Gasteiger partial charge in [-0.2, -0.15) is 0 Å². The van der Waals surface area contributed by atoms with Crippen LogP contribution in [-0.4, -0.2) is 18.2 Å². The molecule has 1 aromatic carbocycles. The third-order valence-corrected chi connectivity index (χ3v) is 4.44. The number of methoxy groups -OCH3 is 1.